The van der Waals surface area contributed by atoms with Gasteiger partial charge >= 0.3 is 6.55 Å². The molecule has 4 N–H and O–H groups in total. The van der Waals surface area contributed by atoms with Crippen molar-refractivity contribution < 1.29 is 17.2 Å². The number of nitrogens with zero attached hydrogens (tertiary/aromatic N) is 4. The van der Waals surface area contributed by atoms with E-state index in [1.807, 2.05) is 29.3 Å². The van der Waals surface area contributed by atoms with E-state index in [0.29, 0.717) is 32.7 Å². The number of nitrogens with two attached hydrogens (primary N) is 1. The zero-order valence-corrected chi connectivity index (χ0v) is 22.7. The molecular formula is C24H26ClF2N7O2S2. The summed E-state index contributed by atoms with van der Waals surface area (Å²) in [5.41, 5.74) is 8.99. The molecule has 0 spiro atoms. The third-order valence-electron chi connectivity index (χ3n) is 6.37. The number of alkyl halides is 2. The Kier molecular flexibility index (Phi) is 7.65. The van der Waals surface area contributed by atoms with E-state index in [4.69, 9.17) is 22.3 Å². The predicted molar refractivity (Wildman–Crippen MR) is 145 cm³/mol. The Hall–Kier alpha value is -2.71. The van der Waals surface area contributed by atoms with Gasteiger partial charge in [0.15, 0.2) is 10.8 Å². The number of hydrogen-bond donors (Lipinski definition) is 3. The van der Waals surface area contributed by atoms with Gasteiger partial charge in [-0.15, -0.1) is 11.3 Å². The maximum absolute atomic E-state index is 13.1. The molecule has 0 unspecified atom stereocenters. The minimum atomic E-state index is -3.75. The molecule has 1 aliphatic carbocycles. The fraction of sp³-hybridized carbons (Fsp3) is 0.375. The van der Waals surface area contributed by atoms with Crippen LogP contribution in [0, 0.1) is 6.92 Å². The van der Waals surface area contributed by atoms with Gasteiger partial charge in [0, 0.05) is 70.9 Å². The van der Waals surface area contributed by atoms with Crippen molar-refractivity contribution in [1.82, 2.24) is 19.3 Å². The normalized spacial score (nSPS) is 22.5. The first-order valence-electron chi connectivity index (χ1n) is 11.9. The van der Waals surface area contributed by atoms with Crippen LogP contribution in [0.25, 0.3) is 0 Å². The molecule has 38 heavy (non-hydrogen) atoms. The van der Waals surface area contributed by atoms with Crippen LogP contribution in [0.3, 0.4) is 0 Å². The summed E-state index contributed by atoms with van der Waals surface area (Å²) in [5, 5.41) is 2.91. The van der Waals surface area contributed by atoms with E-state index in [9.17, 15) is 17.2 Å². The second kappa shape index (κ2) is 10.8. The van der Waals surface area contributed by atoms with Crippen LogP contribution >= 0.6 is 22.9 Å². The van der Waals surface area contributed by atoms with E-state index >= 15 is 0 Å². The van der Waals surface area contributed by atoms with Gasteiger partial charge in [-0.05, 0) is 37.0 Å². The molecule has 0 bridgehead atoms. The smallest absolute Gasteiger partial charge is 0.331 e. The van der Waals surface area contributed by atoms with Crippen molar-refractivity contribution in [3.05, 3.63) is 74.0 Å². The van der Waals surface area contributed by atoms with Gasteiger partial charge in [-0.25, -0.2) is 9.98 Å². The lowest BCUT2D eigenvalue weighted by Gasteiger charge is -2.33. The van der Waals surface area contributed by atoms with E-state index < -0.39 is 28.8 Å². The highest BCUT2D eigenvalue weighted by Gasteiger charge is 2.42. The number of aliphatic imine (C=N–C) groups is 2. The standard InChI is InChI=1S/C24H26ClF2N7O2S2/c1-13-2-5-17(18(25)8-13)21-20(14(10-28)11-30-24(26)27)19-9-16(33-38(35,36)32-15-3-4-15)12-34(19)22(31-21)23-29-6-7-37-23/h2,5-8,10-11,15-16,21,24,32-33H,3-4,9,12,28H2,1H3/t16-,21-/m0/s1. The Morgan fingerprint density at radius 3 is 2.71 bits per heavy atom. The fourth-order valence-corrected chi connectivity index (χ4v) is 6.94. The number of nitrogens with one attached hydrogen (secondary N) is 2. The van der Waals surface area contributed by atoms with E-state index in [0.717, 1.165) is 24.6 Å². The number of hydrogen-bond acceptors (Lipinski definition) is 8. The largest absolute Gasteiger partial charge is 0.404 e. The van der Waals surface area contributed by atoms with E-state index in [1.54, 1.807) is 12.3 Å². The van der Waals surface area contributed by atoms with Gasteiger partial charge in [-0.2, -0.15) is 26.6 Å². The molecule has 5 rings (SSSR count). The number of aromatic nitrogens is 1. The van der Waals surface area contributed by atoms with Crippen molar-refractivity contribution in [3.8, 4) is 0 Å². The summed E-state index contributed by atoms with van der Waals surface area (Å²) in [6.45, 7) is -0.755. The Bertz CT molecular complexity index is 1440. The lowest BCUT2D eigenvalue weighted by Crippen LogP contribution is -2.45. The van der Waals surface area contributed by atoms with Gasteiger partial charge in [0.1, 0.15) is 6.04 Å². The number of amidine groups is 1. The molecule has 14 heteroatoms. The average molecular weight is 582 g/mol. The Balaban J connectivity index is 1.64. The van der Waals surface area contributed by atoms with Crippen molar-refractivity contribution in [2.24, 2.45) is 15.7 Å². The SMILES string of the molecule is Cc1ccc([C@@H]2N=C(c3nccs3)N3C[C@@H](NS(=O)(=O)NC4CC4)CC3=C2C(C=NC(F)F)=CN)c(Cl)c1. The molecule has 1 saturated carbocycles. The molecule has 202 valence electrons. The highest BCUT2D eigenvalue weighted by Crippen LogP contribution is 2.44. The van der Waals surface area contributed by atoms with Crippen LogP contribution in [0.4, 0.5) is 8.78 Å². The predicted octanol–water partition coefficient (Wildman–Crippen LogP) is 3.66. The first-order valence-corrected chi connectivity index (χ1v) is 14.7. The minimum Gasteiger partial charge on any atom is -0.404 e. The van der Waals surface area contributed by atoms with Gasteiger partial charge in [-0.3, -0.25) is 4.99 Å². The van der Waals surface area contributed by atoms with Gasteiger partial charge in [0.05, 0.1) is 0 Å². The molecule has 2 aliphatic heterocycles. The number of halogens is 3. The van der Waals surface area contributed by atoms with Gasteiger partial charge in [-0.1, -0.05) is 23.7 Å². The van der Waals surface area contributed by atoms with Gasteiger partial charge < -0.3 is 10.6 Å². The van der Waals surface area contributed by atoms with Gasteiger partial charge in [0.25, 0.3) is 10.2 Å². The summed E-state index contributed by atoms with van der Waals surface area (Å²) >= 11 is 8.05. The number of benzene rings is 1. The quantitative estimate of drug-likeness (QED) is 0.308. The zero-order chi connectivity index (χ0) is 27.0. The molecule has 1 aromatic carbocycles. The number of rotatable bonds is 9. The molecule has 1 saturated heterocycles. The molecule has 3 aliphatic rings. The summed E-state index contributed by atoms with van der Waals surface area (Å²) in [6.07, 6.45) is 5.77. The summed E-state index contributed by atoms with van der Waals surface area (Å²) in [4.78, 5) is 14.6. The molecule has 3 heterocycles. The van der Waals surface area contributed by atoms with Crippen molar-refractivity contribution in [1.29, 1.82) is 0 Å². The Morgan fingerprint density at radius 1 is 1.32 bits per heavy atom. The minimum absolute atomic E-state index is 0.0518. The van der Waals surface area contributed by atoms with Crippen molar-refractivity contribution in [2.45, 2.75) is 50.9 Å². The second-order valence-electron chi connectivity index (χ2n) is 9.28. The number of thiazole rings is 1. The average Bonchev–Trinajstić information content (AvgIpc) is 3.30. The molecule has 2 fully saturated rings. The van der Waals surface area contributed by atoms with Crippen LogP contribution in [-0.4, -0.2) is 55.5 Å². The van der Waals surface area contributed by atoms with Crippen LogP contribution in [0.5, 0.6) is 0 Å². The Morgan fingerprint density at radius 2 is 2.08 bits per heavy atom. The molecule has 0 amide bonds. The maximum Gasteiger partial charge on any atom is 0.331 e. The third-order valence-corrected chi connectivity index (χ3v) is 8.76. The van der Waals surface area contributed by atoms with E-state index in [1.165, 1.54) is 17.5 Å². The topological polar surface area (TPSA) is 125 Å². The molecule has 9 nitrogen and oxygen atoms in total. The van der Waals surface area contributed by atoms with E-state index in [2.05, 4.69) is 19.4 Å². The summed E-state index contributed by atoms with van der Waals surface area (Å²) in [7, 11) is -3.75. The number of aryl methyl sites for hydroxylation is 1. The lowest BCUT2D eigenvalue weighted by molar-refractivity contribution is 0.160. The van der Waals surface area contributed by atoms with Crippen LogP contribution in [0.15, 0.2) is 62.8 Å². The Labute approximate surface area is 228 Å². The van der Waals surface area contributed by atoms with Crippen LogP contribution in [-0.2, 0) is 10.2 Å². The van der Waals surface area contributed by atoms with Crippen molar-refractivity contribution >= 4 is 45.2 Å². The lowest BCUT2D eigenvalue weighted by atomic mass is 9.89. The molecule has 2 aromatic rings. The first kappa shape index (κ1) is 26.9. The summed E-state index contributed by atoms with van der Waals surface area (Å²) < 4.78 is 56.9. The van der Waals surface area contributed by atoms with Crippen molar-refractivity contribution in [3.63, 3.8) is 0 Å². The van der Waals surface area contributed by atoms with E-state index in [-0.39, 0.29) is 24.6 Å². The second-order valence-corrected chi connectivity index (χ2v) is 12.1. The molecule has 0 radical (unpaired) electrons. The van der Waals surface area contributed by atoms with Crippen molar-refractivity contribution in [2.75, 3.05) is 6.54 Å². The zero-order valence-electron chi connectivity index (χ0n) is 20.3. The highest BCUT2D eigenvalue weighted by molar-refractivity contribution is 7.87. The van der Waals surface area contributed by atoms with Crippen LogP contribution < -0.4 is 15.2 Å². The third kappa shape index (κ3) is 5.81. The molecular weight excluding hydrogens is 556 g/mol. The highest BCUT2D eigenvalue weighted by atomic mass is 35.5. The number of fused-ring (bicyclic) bond motifs is 1. The summed E-state index contributed by atoms with van der Waals surface area (Å²) in [6, 6.07) is 4.26. The maximum atomic E-state index is 13.1. The molecule has 1 aromatic heterocycles. The van der Waals surface area contributed by atoms with Gasteiger partial charge in [0.2, 0.25) is 0 Å². The summed E-state index contributed by atoms with van der Waals surface area (Å²) in [5.74, 6) is 0.541. The van der Waals surface area contributed by atoms with Crippen LogP contribution in [0.2, 0.25) is 5.02 Å². The van der Waals surface area contributed by atoms with Crippen LogP contribution in [0.1, 0.15) is 41.4 Å². The first-order chi connectivity index (χ1) is 18.1. The monoisotopic (exact) mass is 581 g/mol. The molecule has 2 atom stereocenters. The fourth-order valence-electron chi connectivity index (χ4n) is 4.62.